The van der Waals surface area contributed by atoms with Gasteiger partial charge in [0.15, 0.2) is 0 Å². The number of aromatic nitrogens is 3. The van der Waals surface area contributed by atoms with Crippen LogP contribution in [0.1, 0.15) is 38.2 Å². The fourth-order valence-electron chi connectivity index (χ4n) is 4.29. The van der Waals surface area contributed by atoms with Crippen LogP contribution in [-0.4, -0.2) is 46.1 Å². The Labute approximate surface area is 192 Å². The van der Waals surface area contributed by atoms with E-state index in [-0.39, 0.29) is 6.10 Å². The van der Waals surface area contributed by atoms with Crippen molar-refractivity contribution in [1.29, 1.82) is 0 Å². The van der Waals surface area contributed by atoms with Crippen molar-refractivity contribution < 1.29 is 4.74 Å². The Balaban J connectivity index is 1.45. The molecule has 32 heavy (non-hydrogen) atoms. The Morgan fingerprint density at radius 2 is 2.06 bits per heavy atom. The third-order valence-electron chi connectivity index (χ3n) is 6.03. The highest BCUT2D eigenvalue weighted by Gasteiger charge is 2.20. The molecule has 0 aliphatic carbocycles. The largest absolute Gasteiger partial charge is 0.489 e. The highest BCUT2D eigenvalue weighted by atomic mass is 32.1. The number of anilines is 2. The molecule has 6 nitrogen and oxygen atoms in total. The van der Waals surface area contributed by atoms with Crippen LogP contribution in [-0.2, 0) is 0 Å². The van der Waals surface area contributed by atoms with Gasteiger partial charge in [-0.2, -0.15) is 0 Å². The van der Waals surface area contributed by atoms with E-state index in [1.807, 2.05) is 18.6 Å². The van der Waals surface area contributed by atoms with Crippen LogP contribution in [0.4, 0.5) is 11.6 Å². The summed E-state index contributed by atoms with van der Waals surface area (Å²) in [4.78, 5) is 14.9. The minimum absolute atomic E-state index is 0.0868. The van der Waals surface area contributed by atoms with Crippen molar-refractivity contribution in [2.45, 2.75) is 38.7 Å². The highest BCUT2D eigenvalue weighted by Crippen LogP contribution is 2.36. The van der Waals surface area contributed by atoms with Gasteiger partial charge in [0.05, 0.1) is 28.2 Å². The second-order valence-corrected chi connectivity index (χ2v) is 9.69. The summed E-state index contributed by atoms with van der Waals surface area (Å²) in [7, 11) is 2.20. The molecule has 1 saturated heterocycles. The normalized spacial score (nSPS) is 15.5. The summed E-state index contributed by atoms with van der Waals surface area (Å²) in [6.45, 7) is 6.40. The Hall–Kier alpha value is -2.90. The van der Waals surface area contributed by atoms with Gasteiger partial charge in [0, 0.05) is 28.9 Å². The quantitative estimate of drug-likeness (QED) is 0.378. The predicted octanol–water partition coefficient (Wildman–Crippen LogP) is 6.03. The van der Waals surface area contributed by atoms with E-state index in [4.69, 9.17) is 9.72 Å². The molecule has 166 valence electrons. The van der Waals surface area contributed by atoms with Gasteiger partial charge >= 0.3 is 0 Å². The number of nitrogens with one attached hydrogen (secondary N) is 2. The molecule has 7 heteroatoms. The lowest BCUT2D eigenvalue weighted by Crippen LogP contribution is -2.29. The zero-order valence-corrected chi connectivity index (χ0v) is 19.6. The van der Waals surface area contributed by atoms with Gasteiger partial charge in [-0.3, -0.25) is 0 Å². The molecule has 1 fully saturated rings. The summed E-state index contributed by atoms with van der Waals surface area (Å²) in [5, 5.41) is 5.55. The SMILES string of the molecule is CC(C)Oc1cc(C2CCN(C)CC2)ccc1Nc1ncc2scc(-c3cc[nH]c3)c2n1. The third kappa shape index (κ3) is 4.36. The number of fused-ring (bicyclic) bond motifs is 1. The van der Waals surface area contributed by atoms with Crippen LogP contribution in [0.2, 0.25) is 0 Å². The van der Waals surface area contributed by atoms with Crippen LogP contribution >= 0.6 is 11.3 Å². The smallest absolute Gasteiger partial charge is 0.227 e. The average Bonchev–Trinajstić information content (AvgIpc) is 3.44. The zero-order chi connectivity index (χ0) is 22.1. The number of nitrogens with zero attached hydrogens (tertiary/aromatic N) is 3. The van der Waals surface area contributed by atoms with Gasteiger partial charge in [-0.15, -0.1) is 11.3 Å². The van der Waals surface area contributed by atoms with E-state index in [1.165, 1.54) is 18.4 Å². The molecule has 1 aliphatic rings. The molecule has 0 amide bonds. The van der Waals surface area contributed by atoms with Gasteiger partial charge in [-0.25, -0.2) is 9.97 Å². The molecule has 0 spiro atoms. The Morgan fingerprint density at radius 1 is 1.22 bits per heavy atom. The number of hydrogen-bond donors (Lipinski definition) is 2. The number of ether oxygens (including phenoxy) is 1. The molecule has 4 aromatic rings. The van der Waals surface area contributed by atoms with Crippen LogP contribution in [0.15, 0.2) is 48.2 Å². The van der Waals surface area contributed by atoms with Gasteiger partial charge in [0.2, 0.25) is 5.95 Å². The summed E-state index contributed by atoms with van der Waals surface area (Å²) >= 11 is 1.66. The molecular weight excluding hydrogens is 418 g/mol. The predicted molar refractivity (Wildman–Crippen MR) is 132 cm³/mol. The van der Waals surface area contributed by atoms with Crippen molar-refractivity contribution >= 4 is 33.2 Å². The molecular formula is C25H29N5OS. The average molecular weight is 448 g/mol. The maximum absolute atomic E-state index is 6.19. The monoisotopic (exact) mass is 447 g/mol. The van der Waals surface area contributed by atoms with Crippen LogP contribution in [0.25, 0.3) is 21.3 Å². The lowest BCUT2D eigenvalue weighted by molar-refractivity contribution is 0.241. The van der Waals surface area contributed by atoms with E-state index in [0.717, 1.165) is 45.9 Å². The maximum atomic E-state index is 6.19. The first kappa shape index (κ1) is 21.0. The van der Waals surface area contributed by atoms with Crippen molar-refractivity contribution in [2.24, 2.45) is 0 Å². The van der Waals surface area contributed by atoms with Crippen molar-refractivity contribution in [1.82, 2.24) is 19.9 Å². The Kier molecular flexibility index (Phi) is 5.85. The van der Waals surface area contributed by atoms with Crippen molar-refractivity contribution in [3.05, 3.63) is 53.8 Å². The number of benzene rings is 1. The fourth-order valence-corrected chi connectivity index (χ4v) is 5.17. The third-order valence-corrected chi connectivity index (χ3v) is 6.93. The molecule has 1 aromatic carbocycles. The van der Waals surface area contributed by atoms with Crippen LogP contribution in [0.5, 0.6) is 5.75 Å². The molecule has 0 atom stereocenters. The van der Waals surface area contributed by atoms with E-state index in [2.05, 4.69) is 70.7 Å². The van der Waals surface area contributed by atoms with Gasteiger partial charge in [-0.1, -0.05) is 6.07 Å². The van der Waals surface area contributed by atoms with Crippen LogP contribution in [0, 0.1) is 0 Å². The lowest BCUT2D eigenvalue weighted by atomic mass is 9.89. The van der Waals surface area contributed by atoms with E-state index >= 15 is 0 Å². The maximum Gasteiger partial charge on any atom is 0.227 e. The molecule has 5 rings (SSSR count). The van der Waals surface area contributed by atoms with E-state index in [0.29, 0.717) is 11.9 Å². The minimum atomic E-state index is 0.0868. The first-order valence-corrected chi connectivity index (χ1v) is 12.1. The summed E-state index contributed by atoms with van der Waals surface area (Å²) < 4.78 is 7.27. The topological polar surface area (TPSA) is 66.1 Å². The standard InChI is InChI=1S/C25H29N5OS/c1-16(2)31-22-12-18(17-7-10-30(3)11-8-17)4-5-21(22)28-25-27-14-23-24(29-25)20(15-32-23)19-6-9-26-13-19/h4-6,9,12-17,26H,7-8,10-11H2,1-3H3,(H,27,28,29). The molecule has 4 heterocycles. The zero-order valence-electron chi connectivity index (χ0n) is 18.8. The van der Waals surface area contributed by atoms with Crippen LogP contribution < -0.4 is 10.1 Å². The number of H-pyrrole nitrogens is 1. The van der Waals surface area contributed by atoms with Gasteiger partial charge in [0.25, 0.3) is 0 Å². The highest BCUT2D eigenvalue weighted by molar-refractivity contribution is 7.17. The van der Waals surface area contributed by atoms with Crippen molar-refractivity contribution in [3.8, 4) is 16.9 Å². The van der Waals surface area contributed by atoms with Gasteiger partial charge in [0.1, 0.15) is 5.75 Å². The molecule has 0 unspecified atom stereocenters. The van der Waals surface area contributed by atoms with E-state index in [9.17, 15) is 0 Å². The second kappa shape index (κ2) is 8.92. The summed E-state index contributed by atoms with van der Waals surface area (Å²) in [5.41, 5.74) is 5.46. The van der Waals surface area contributed by atoms with E-state index < -0.39 is 0 Å². The number of aromatic amines is 1. The first-order chi connectivity index (χ1) is 15.6. The van der Waals surface area contributed by atoms with Gasteiger partial charge in [-0.05, 0) is 76.5 Å². The summed E-state index contributed by atoms with van der Waals surface area (Å²) in [5.74, 6) is 2.02. The van der Waals surface area contributed by atoms with E-state index in [1.54, 1.807) is 11.3 Å². The summed E-state index contributed by atoms with van der Waals surface area (Å²) in [6.07, 6.45) is 8.27. The number of rotatable bonds is 6. The molecule has 0 bridgehead atoms. The number of likely N-dealkylation sites (tertiary alicyclic amines) is 1. The number of hydrogen-bond acceptors (Lipinski definition) is 6. The minimum Gasteiger partial charge on any atom is -0.489 e. The molecule has 3 aromatic heterocycles. The Morgan fingerprint density at radius 3 is 2.81 bits per heavy atom. The first-order valence-electron chi connectivity index (χ1n) is 11.2. The lowest BCUT2D eigenvalue weighted by Gasteiger charge is -2.29. The number of piperidine rings is 1. The Bertz CT molecular complexity index is 1190. The molecule has 0 radical (unpaired) electrons. The van der Waals surface area contributed by atoms with Gasteiger partial charge < -0.3 is 19.9 Å². The summed E-state index contributed by atoms with van der Waals surface area (Å²) in [6, 6.07) is 8.60. The van der Waals surface area contributed by atoms with Crippen molar-refractivity contribution in [2.75, 3.05) is 25.5 Å². The fraction of sp³-hybridized carbons (Fsp3) is 0.360. The molecule has 0 saturated carbocycles. The molecule has 1 aliphatic heterocycles. The second-order valence-electron chi connectivity index (χ2n) is 8.78. The number of thiophene rings is 1. The molecule has 2 N–H and O–H groups in total. The van der Waals surface area contributed by atoms with Crippen molar-refractivity contribution in [3.63, 3.8) is 0 Å². The van der Waals surface area contributed by atoms with Crippen LogP contribution in [0.3, 0.4) is 0 Å².